The van der Waals surface area contributed by atoms with Gasteiger partial charge in [0, 0.05) is 19.4 Å². The molecule has 96 valence electrons. The highest BCUT2D eigenvalue weighted by atomic mass is 31.2. The van der Waals surface area contributed by atoms with Crippen molar-refractivity contribution in [3.05, 3.63) is 30.3 Å². The first-order valence-electron chi connectivity index (χ1n) is 5.18. The maximum Gasteiger partial charge on any atom is 0.369 e. The summed E-state index contributed by atoms with van der Waals surface area (Å²) in [6.07, 6.45) is 0. The van der Waals surface area contributed by atoms with Crippen molar-refractivity contribution >= 4 is 24.8 Å². The standard InChI is InChI=1S/C10H13N4O3P/c1-13(2)14-9(15)11-18(17,12-10(14)16)8-6-4-3-5-7-8/h3-7,17H,1-2H3,(H,11,15). The third-order valence-corrected chi connectivity index (χ3v) is 4.35. The van der Waals surface area contributed by atoms with E-state index in [0.717, 1.165) is 5.01 Å². The van der Waals surface area contributed by atoms with E-state index in [9.17, 15) is 14.5 Å². The predicted octanol–water partition coefficient (Wildman–Crippen LogP) is 0.957. The lowest BCUT2D eigenvalue weighted by molar-refractivity contribution is 0.0946. The molecule has 8 heteroatoms. The molecular formula is C10H13N4O3P. The van der Waals surface area contributed by atoms with Crippen LogP contribution in [0.2, 0.25) is 0 Å². The second-order valence-electron chi connectivity index (χ2n) is 3.90. The highest BCUT2D eigenvalue weighted by Gasteiger charge is 2.36. The molecule has 0 saturated heterocycles. The lowest BCUT2D eigenvalue weighted by Gasteiger charge is -2.32. The summed E-state index contributed by atoms with van der Waals surface area (Å²) in [6.45, 7) is 0. The number of imide groups is 1. The molecule has 1 heterocycles. The number of nitrogens with zero attached hydrogens (tertiary/aromatic N) is 3. The quantitative estimate of drug-likeness (QED) is 0.782. The monoisotopic (exact) mass is 268 g/mol. The highest BCUT2D eigenvalue weighted by Crippen LogP contribution is 2.41. The molecule has 0 radical (unpaired) electrons. The lowest BCUT2D eigenvalue weighted by Crippen LogP contribution is -2.52. The molecule has 1 unspecified atom stereocenters. The fraction of sp³-hybridized carbons (Fsp3) is 0.200. The van der Waals surface area contributed by atoms with Crippen molar-refractivity contribution in [2.45, 2.75) is 0 Å². The molecule has 1 aromatic carbocycles. The summed E-state index contributed by atoms with van der Waals surface area (Å²) >= 11 is 0. The first-order valence-corrected chi connectivity index (χ1v) is 6.88. The van der Waals surface area contributed by atoms with Gasteiger partial charge in [0.1, 0.15) is 0 Å². The number of hydrogen-bond donors (Lipinski definition) is 2. The molecule has 0 bridgehead atoms. The molecule has 7 nitrogen and oxygen atoms in total. The van der Waals surface area contributed by atoms with Crippen molar-refractivity contribution < 1.29 is 14.5 Å². The van der Waals surface area contributed by atoms with Crippen LogP contribution in [-0.2, 0) is 0 Å². The van der Waals surface area contributed by atoms with Gasteiger partial charge in [-0.15, -0.1) is 0 Å². The van der Waals surface area contributed by atoms with Crippen LogP contribution in [0.25, 0.3) is 0 Å². The van der Waals surface area contributed by atoms with Gasteiger partial charge in [-0.3, -0.25) is 5.09 Å². The van der Waals surface area contributed by atoms with Crippen molar-refractivity contribution in [1.29, 1.82) is 0 Å². The summed E-state index contributed by atoms with van der Waals surface area (Å²) in [5.74, 6) is 0. The van der Waals surface area contributed by atoms with E-state index in [0.29, 0.717) is 5.30 Å². The molecule has 0 aliphatic carbocycles. The molecule has 18 heavy (non-hydrogen) atoms. The van der Waals surface area contributed by atoms with Crippen LogP contribution in [0.4, 0.5) is 9.59 Å². The van der Waals surface area contributed by atoms with E-state index in [1.54, 1.807) is 44.4 Å². The minimum atomic E-state index is -3.30. The summed E-state index contributed by atoms with van der Waals surface area (Å²) in [5.41, 5.74) is 0. The van der Waals surface area contributed by atoms with Gasteiger partial charge in [0.15, 0.2) is 0 Å². The van der Waals surface area contributed by atoms with E-state index in [1.807, 2.05) is 0 Å². The second kappa shape index (κ2) is 4.53. The molecule has 0 saturated carbocycles. The van der Waals surface area contributed by atoms with Crippen LogP contribution in [0.5, 0.6) is 0 Å². The summed E-state index contributed by atoms with van der Waals surface area (Å²) < 4.78 is 3.72. The van der Waals surface area contributed by atoms with Crippen molar-refractivity contribution in [3.63, 3.8) is 0 Å². The van der Waals surface area contributed by atoms with Crippen LogP contribution in [0, 0.1) is 0 Å². The van der Waals surface area contributed by atoms with E-state index >= 15 is 0 Å². The largest absolute Gasteiger partial charge is 0.369 e. The molecule has 1 aliphatic heterocycles. The van der Waals surface area contributed by atoms with Crippen LogP contribution in [0.15, 0.2) is 35.1 Å². The van der Waals surface area contributed by atoms with Crippen LogP contribution in [0.3, 0.4) is 0 Å². The number of nitrogens with one attached hydrogen (secondary N) is 1. The van der Waals surface area contributed by atoms with Crippen LogP contribution >= 0.6 is 7.43 Å². The second-order valence-corrected chi connectivity index (χ2v) is 6.04. The van der Waals surface area contributed by atoms with E-state index < -0.39 is 19.5 Å². The molecule has 0 spiro atoms. The Morgan fingerprint density at radius 2 is 1.89 bits per heavy atom. The maximum absolute atomic E-state index is 11.8. The van der Waals surface area contributed by atoms with Gasteiger partial charge in [-0.05, 0) is 12.1 Å². The Morgan fingerprint density at radius 1 is 1.28 bits per heavy atom. The minimum Gasteiger partial charge on any atom is -0.341 e. The van der Waals surface area contributed by atoms with E-state index in [4.69, 9.17) is 0 Å². The zero-order valence-electron chi connectivity index (χ0n) is 9.94. The third kappa shape index (κ3) is 2.15. The van der Waals surface area contributed by atoms with Gasteiger partial charge in [0.25, 0.3) is 0 Å². The van der Waals surface area contributed by atoms with Crippen molar-refractivity contribution in [2.24, 2.45) is 4.74 Å². The Hall–Kier alpha value is -1.69. The van der Waals surface area contributed by atoms with Gasteiger partial charge in [-0.25, -0.2) is 14.6 Å². The molecule has 1 atom stereocenters. The average molecular weight is 268 g/mol. The molecule has 0 aromatic heterocycles. The number of rotatable bonds is 2. The molecule has 1 aromatic rings. The van der Waals surface area contributed by atoms with Crippen LogP contribution in [0.1, 0.15) is 0 Å². The number of carbonyl (C=O) groups is 2. The number of hydrazine groups is 1. The molecule has 0 fully saturated rings. The first kappa shape index (κ1) is 12.8. The maximum atomic E-state index is 11.8. The van der Waals surface area contributed by atoms with Crippen LogP contribution in [-0.4, -0.2) is 41.1 Å². The Morgan fingerprint density at radius 3 is 2.39 bits per heavy atom. The zero-order chi connectivity index (χ0) is 13.3. The number of hydrogen-bond acceptors (Lipinski definition) is 3. The SMILES string of the molecule is CN(C)N1C(=O)N=P(O)(c2ccccc2)NC1=O. The Labute approximate surface area is 104 Å². The van der Waals surface area contributed by atoms with Crippen molar-refractivity contribution in [3.8, 4) is 0 Å². The fourth-order valence-corrected chi connectivity index (χ4v) is 3.15. The molecular weight excluding hydrogens is 255 g/mol. The number of amides is 4. The van der Waals surface area contributed by atoms with Gasteiger partial charge >= 0.3 is 12.1 Å². The molecule has 2 N–H and O–H groups in total. The fourth-order valence-electron chi connectivity index (χ4n) is 1.57. The lowest BCUT2D eigenvalue weighted by atomic mass is 10.4. The number of benzene rings is 1. The van der Waals surface area contributed by atoms with Crippen LogP contribution < -0.4 is 10.4 Å². The Kier molecular flexibility index (Phi) is 3.21. The summed E-state index contributed by atoms with van der Waals surface area (Å²) in [4.78, 5) is 33.9. The predicted molar refractivity (Wildman–Crippen MR) is 67.1 cm³/mol. The summed E-state index contributed by atoms with van der Waals surface area (Å²) in [6, 6.07) is 6.97. The number of urea groups is 2. The summed E-state index contributed by atoms with van der Waals surface area (Å²) in [7, 11) is -0.217. The highest BCUT2D eigenvalue weighted by molar-refractivity contribution is 7.67. The van der Waals surface area contributed by atoms with Gasteiger partial charge in [0.05, 0.1) is 0 Å². The van der Waals surface area contributed by atoms with Gasteiger partial charge in [-0.2, -0.15) is 9.75 Å². The third-order valence-electron chi connectivity index (χ3n) is 2.37. The van der Waals surface area contributed by atoms with E-state index in [2.05, 4.69) is 9.83 Å². The van der Waals surface area contributed by atoms with Crippen molar-refractivity contribution in [2.75, 3.05) is 14.1 Å². The smallest absolute Gasteiger partial charge is 0.341 e. The molecule has 4 amide bonds. The normalized spacial score (nSPS) is 23.9. The molecule has 2 rings (SSSR count). The van der Waals surface area contributed by atoms with Gasteiger partial charge < -0.3 is 4.89 Å². The minimum absolute atomic E-state index is 0.435. The zero-order valence-corrected chi connectivity index (χ0v) is 10.8. The first-order chi connectivity index (χ1) is 8.44. The molecule has 1 aliphatic rings. The van der Waals surface area contributed by atoms with E-state index in [1.165, 1.54) is 5.01 Å². The number of carbonyl (C=O) groups excluding carboxylic acids is 2. The Balaban J connectivity index is 2.46. The van der Waals surface area contributed by atoms with Crippen molar-refractivity contribution in [1.82, 2.24) is 15.1 Å². The topological polar surface area (TPSA) is 85.2 Å². The average Bonchev–Trinajstić information content (AvgIpc) is 2.28. The Bertz CT molecular complexity index is 543. The van der Waals surface area contributed by atoms with E-state index in [-0.39, 0.29) is 0 Å². The van der Waals surface area contributed by atoms with Gasteiger partial charge in [-0.1, -0.05) is 18.2 Å². The summed E-state index contributed by atoms with van der Waals surface area (Å²) in [5, 5.41) is 4.95. The van der Waals surface area contributed by atoms with Gasteiger partial charge in [0.2, 0.25) is 7.43 Å².